The highest BCUT2D eigenvalue weighted by atomic mass is 32.1. The summed E-state index contributed by atoms with van der Waals surface area (Å²) in [5.41, 5.74) is 2.77. The molecule has 0 amide bonds. The molecule has 0 aliphatic carbocycles. The number of hydrogen-bond donors (Lipinski definition) is 1. The Bertz CT molecular complexity index is 538. The van der Waals surface area contributed by atoms with Gasteiger partial charge in [0.2, 0.25) is 0 Å². The van der Waals surface area contributed by atoms with Crippen LogP contribution in [-0.4, -0.2) is 16.6 Å². The number of thiazole rings is 1. The number of rotatable bonds is 3. The second kappa shape index (κ2) is 5.08. The number of nitrogens with zero attached hydrogens (tertiary/aromatic N) is 2. The lowest BCUT2D eigenvalue weighted by Gasteiger charge is -2.30. The Labute approximate surface area is 111 Å². The molecule has 0 fully saturated rings. The molecule has 1 aliphatic rings. The van der Waals surface area contributed by atoms with E-state index in [1.165, 1.54) is 24.1 Å². The van der Waals surface area contributed by atoms with E-state index in [1.807, 2.05) is 0 Å². The smallest absolute Gasteiger partial charge is 0.112 e. The average molecular weight is 260 g/mol. The van der Waals surface area contributed by atoms with Crippen molar-refractivity contribution in [1.29, 1.82) is 0 Å². The zero-order chi connectivity index (χ0) is 12.4. The Morgan fingerprint density at radius 2 is 2.22 bits per heavy atom. The van der Waals surface area contributed by atoms with Crippen LogP contribution in [0.25, 0.3) is 0 Å². The molecule has 2 aromatic rings. The summed E-state index contributed by atoms with van der Waals surface area (Å²) in [4.78, 5) is 7.70. The maximum atomic E-state index is 9.07. The molecule has 0 saturated heterocycles. The van der Waals surface area contributed by atoms with Gasteiger partial charge in [-0.3, -0.25) is 0 Å². The van der Waals surface area contributed by atoms with Gasteiger partial charge in [0.25, 0.3) is 0 Å². The topological polar surface area (TPSA) is 36.4 Å². The summed E-state index contributed by atoms with van der Waals surface area (Å²) in [7, 11) is 0. The maximum Gasteiger partial charge on any atom is 0.112 e. The number of hydrogen-bond acceptors (Lipinski definition) is 4. The molecular formula is C14H16N2OS. The van der Waals surface area contributed by atoms with Crippen molar-refractivity contribution in [1.82, 2.24) is 4.98 Å². The average Bonchev–Trinajstić information content (AvgIpc) is 2.87. The molecule has 2 heterocycles. The SMILES string of the molecule is OCc1cnc(CN2CCCc3ccccc32)s1. The second-order valence-corrected chi connectivity index (χ2v) is 5.73. The van der Waals surface area contributed by atoms with E-state index in [0.29, 0.717) is 0 Å². The standard InChI is InChI=1S/C14H16N2OS/c17-10-12-8-15-14(18-12)9-16-7-3-5-11-4-1-2-6-13(11)16/h1-2,4,6,8,17H,3,5,7,9-10H2. The molecular weight excluding hydrogens is 244 g/mol. The van der Waals surface area contributed by atoms with E-state index in [4.69, 9.17) is 5.11 Å². The molecule has 3 rings (SSSR count). The minimum Gasteiger partial charge on any atom is -0.391 e. The Morgan fingerprint density at radius 1 is 1.33 bits per heavy atom. The van der Waals surface area contributed by atoms with E-state index in [-0.39, 0.29) is 6.61 Å². The van der Waals surface area contributed by atoms with Gasteiger partial charge in [-0.2, -0.15) is 0 Å². The number of aryl methyl sites for hydroxylation is 1. The van der Waals surface area contributed by atoms with Gasteiger partial charge in [0.1, 0.15) is 5.01 Å². The number of para-hydroxylation sites is 1. The first-order valence-electron chi connectivity index (χ1n) is 6.24. The summed E-state index contributed by atoms with van der Waals surface area (Å²) in [5.74, 6) is 0. The molecule has 1 N–H and O–H groups in total. The molecule has 3 nitrogen and oxygen atoms in total. The molecule has 0 spiro atoms. The molecule has 18 heavy (non-hydrogen) atoms. The maximum absolute atomic E-state index is 9.07. The normalized spacial score (nSPS) is 14.6. The highest BCUT2D eigenvalue weighted by Crippen LogP contribution is 2.28. The highest BCUT2D eigenvalue weighted by molar-refractivity contribution is 7.11. The van der Waals surface area contributed by atoms with Crippen LogP contribution in [0.3, 0.4) is 0 Å². The van der Waals surface area contributed by atoms with Gasteiger partial charge in [0.15, 0.2) is 0 Å². The number of aromatic nitrogens is 1. The minimum atomic E-state index is 0.0915. The van der Waals surface area contributed by atoms with E-state index in [2.05, 4.69) is 34.1 Å². The number of aliphatic hydroxyl groups excluding tert-OH is 1. The first kappa shape index (κ1) is 11.7. The number of aliphatic hydroxyl groups is 1. The molecule has 0 unspecified atom stereocenters. The summed E-state index contributed by atoms with van der Waals surface area (Å²) >= 11 is 1.60. The van der Waals surface area contributed by atoms with Crippen molar-refractivity contribution < 1.29 is 5.11 Å². The molecule has 94 valence electrons. The second-order valence-electron chi connectivity index (χ2n) is 4.53. The van der Waals surface area contributed by atoms with Gasteiger partial charge < -0.3 is 10.0 Å². The number of anilines is 1. The van der Waals surface area contributed by atoms with Crippen molar-refractivity contribution in [3.05, 3.63) is 45.9 Å². The third kappa shape index (κ3) is 2.26. The van der Waals surface area contributed by atoms with E-state index in [9.17, 15) is 0 Å². The molecule has 0 atom stereocenters. The van der Waals surface area contributed by atoms with Crippen LogP contribution in [0.1, 0.15) is 21.9 Å². The third-order valence-electron chi connectivity index (χ3n) is 3.29. The Kier molecular flexibility index (Phi) is 3.30. The van der Waals surface area contributed by atoms with Crippen LogP contribution in [0.4, 0.5) is 5.69 Å². The lowest BCUT2D eigenvalue weighted by Crippen LogP contribution is -2.28. The number of fused-ring (bicyclic) bond motifs is 1. The zero-order valence-corrected chi connectivity index (χ0v) is 11.0. The van der Waals surface area contributed by atoms with Crippen molar-refractivity contribution in [2.24, 2.45) is 0 Å². The van der Waals surface area contributed by atoms with Crippen LogP contribution >= 0.6 is 11.3 Å². The first-order valence-corrected chi connectivity index (χ1v) is 7.06. The van der Waals surface area contributed by atoms with E-state index >= 15 is 0 Å². The van der Waals surface area contributed by atoms with Gasteiger partial charge in [-0.1, -0.05) is 18.2 Å². The summed E-state index contributed by atoms with van der Waals surface area (Å²) in [6.07, 6.45) is 4.15. The van der Waals surface area contributed by atoms with Crippen molar-refractivity contribution >= 4 is 17.0 Å². The third-order valence-corrected chi connectivity index (χ3v) is 4.26. The fraction of sp³-hybridized carbons (Fsp3) is 0.357. The Balaban J connectivity index is 1.81. The van der Waals surface area contributed by atoms with Gasteiger partial charge in [-0.05, 0) is 24.5 Å². The van der Waals surface area contributed by atoms with E-state index in [1.54, 1.807) is 17.5 Å². The van der Waals surface area contributed by atoms with Gasteiger partial charge in [0.05, 0.1) is 18.0 Å². The number of benzene rings is 1. The minimum absolute atomic E-state index is 0.0915. The lowest BCUT2D eigenvalue weighted by molar-refractivity contribution is 0.285. The van der Waals surface area contributed by atoms with Crippen molar-refractivity contribution in [3.8, 4) is 0 Å². The van der Waals surface area contributed by atoms with Gasteiger partial charge in [0, 0.05) is 18.4 Å². The van der Waals surface area contributed by atoms with E-state index in [0.717, 1.165) is 23.0 Å². The predicted octanol–water partition coefficient (Wildman–Crippen LogP) is 2.59. The lowest BCUT2D eigenvalue weighted by atomic mass is 10.0. The Morgan fingerprint density at radius 3 is 3.06 bits per heavy atom. The molecule has 0 radical (unpaired) electrons. The highest BCUT2D eigenvalue weighted by Gasteiger charge is 2.17. The van der Waals surface area contributed by atoms with Crippen LogP contribution in [0.2, 0.25) is 0 Å². The van der Waals surface area contributed by atoms with Crippen LogP contribution < -0.4 is 4.90 Å². The fourth-order valence-electron chi connectivity index (χ4n) is 2.43. The van der Waals surface area contributed by atoms with Gasteiger partial charge >= 0.3 is 0 Å². The molecule has 1 aromatic carbocycles. The van der Waals surface area contributed by atoms with Crippen molar-refractivity contribution in [2.45, 2.75) is 26.0 Å². The molecule has 4 heteroatoms. The largest absolute Gasteiger partial charge is 0.391 e. The van der Waals surface area contributed by atoms with Crippen LogP contribution in [0.15, 0.2) is 30.5 Å². The molecule has 1 aliphatic heterocycles. The quantitative estimate of drug-likeness (QED) is 0.921. The van der Waals surface area contributed by atoms with Crippen LogP contribution in [-0.2, 0) is 19.6 Å². The molecule has 0 saturated carbocycles. The van der Waals surface area contributed by atoms with Crippen LogP contribution in [0, 0.1) is 0 Å². The first-order chi connectivity index (χ1) is 8.86. The monoisotopic (exact) mass is 260 g/mol. The van der Waals surface area contributed by atoms with Gasteiger partial charge in [-0.15, -0.1) is 11.3 Å². The summed E-state index contributed by atoms with van der Waals surface area (Å²) in [5, 5.41) is 10.2. The summed E-state index contributed by atoms with van der Waals surface area (Å²) in [6.45, 7) is 2.03. The van der Waals surface area contributed by atoms with E-state index < -0.39 is 0 Å². The van der Waals surface area contributed by atoms with Crippen LogP contribution in [0.5, 0.6) is 0 Å². The van der Waals surface area contributed by atoms with Crippen molar-refractivity contribution in [2.75, 3.05) is 11.4 Å². The fourth-order valence-corrected chi connectivity index (χ4v) is 3.23. The molecule has 0 bridgehead atoms. The predicted molar refractivity (Wildman–Crippen MR) is 73.8 cm³/mol. The summed E-state index contributed by atoms with van der Waals surface area (Å²) in [6, 6.07) is 8.60. The van der Waals surface area contributed by atoms with Crippen molar-refractivity contribution in [3.63, 3.8) is 0 Å². The zero-order valence-electron chi connectivity index (χ0n) is 10.2. The Hall–Kier alpha value is -1.39. The molecule has 1 aromatic heterocycles. The van der Waals surface area contributed by atoms with Gasteiger partial charge in [-0.25, -0.2) is 4.98 Å². The summed E-state index contributed by atoms with van der Waals surface area (Å²) < 4.78 is 0.